The van der Waals surface area contributed by atoms with Crippen molar-refractivity contribution in [1.29, 1.82) is 0 Å². The Hall–Kier alpha value is -0.830. The molecule has 0 aliphatic heterocycles. The van der Waals surface area contributed by atoms with Gasteiger partial charge in [0.05, 0.1) is 5.75 Å². The van der Waals surface area contributed by atoms with Crippen LogP contribution in [0.3, 0.4) is 0 Å². The van der Waals surface area contributed by atoms with Crippen LogP contribution in [0.2, 0.25) is 0 Å². The van der Waals surface area contributed by atoms with Crippen LogP contribution in [0.25, 0.3) is 0 Å². The average Bonchev–Trinajstić information content (AvgIpc) is 2.63. The molecular formula is C10H16F3NO4S. The fraction of sp³-hybridized carbons (Fsp3) is 0.900. The van der Waals surface area contributed by atoms with E-state index in [-0.39, 0.29) is 12.8 Å². The molecule has 5 nitrogen and oxygen atoms in total. The van der Waals surface area contributed by atoms with Gasteiger partial charge in [-0.1, -0.05) is 12.8 Å². The Balaban J connectivity index is 2.61. The lowest BCUT2D eigenvalue weighted by Gasteiger charge is -2.25. The Morgan fingerprint density at radius 2 is 1.79 bits per heavy atom. The van der Waals surface area contributed by atoms with Crippen LogP contribution >= 0.6 is 0 Å². The van der Waals surface area contributed by atoms with Gasteiger partial charge in [-0.15, -0.1) is 0 Å². The molecule has 0 amide bonds. The Kier molecular flexibility index (Phi) is 4.83. The molecule has 1 fully saturated rings. The Labute approximate surface area is 109 Å². The van der Waals surface area contributed by atoms with Crippen LogP contribution in [0.15, 0.2) is 0 Å². The third kappa shape index (κ3) is 4.98. The summed E-state index contributed by atoms with van der Waals surface area (Å²) in [4.78, 5) is 11.1. The van der Waals surface area contributed by atoms with Gasteiger partial charge < -0.3 is 5.11 Å². The van der Waals surface area contributed by atoms with Gasteiger partial charge in [-0.25, -0.2) is 8.42 Å². The Morgan fingerprint density at radius 1 is 1.26 bits per heavy atom. The molecule has 0 unspecified atom stereocenters. The number of hydrogen-bond acceptors (Lipinski definition) is 3. The van der Waals surface area contributed by atoms with Crippen molar-refractivity contribution in [3.05, 3.63) is 0 Å². The van der Waals surface area contributed by atoms with E-state index in [9.17, 15) is 26.4 Å². The van der Waals surface area contributed by atoms with E-state index < -0.39 is 46.3 Å². The molecule has 1 saturated carbocycles. The first-order valence-electron chi connectivity index (χ1n) is 5.88. The summed E-state index contributed by atoms with van der Waals surface area (Å²) in [6.07, 6.45) is -4.69. The summed E-state index contributed by atoms with van der Waals surface area (Å²) in [6.45, 7) is 0. The second kappa shape index (κ2) is 5.66. The number of aliphatic carboxylic acids is 1. The van der Waals surface area contributed by atoms with Crippen LogP contribution in [0.4, 0.5) is 13.2 Å². The van der Waals surface area contributed by atoms with Gasteiger partial charge in [0, 0.05) is 6.42 Å². The molecule has 0 spiro atoms. The topological polar surface area (TPSA) is 83.5 Å². The summed E-state index contributed by atoms with van der Waals surface area (Å²) in [7, 11) is -4.02. The molecule has 0 atom stereocenters. The smallest absolute Gasteiger partial charge is 0.389 e. The largest absolute Gasteiger partial charge is 0.480 e. The summed E-state index contributed by atoms with van der Waals surface area (Å²) in [5.41, 5.74) is -1.54. The zero-order valence-electron chi connectivity index (χ0n) is 10.2. The third-order valence-corrected chi connectivity index (χ3v) is 4.62. The minimum atomic E-state index is -4.41. The van der Waals surface area contributed by atoms with E-state index in [1.54, 1.807) is 0 Å². The molecule has 2 N–H and O–H groups in total. The fourth-order valence-corrected chi connectivity index (χ4v) is 3.66. The van der Waals surface area contributed by atoms with Crippen LogP contribution in [0.5, 0.6) is 0 Å². The maximum Gasteiger partial charge on any atom is 0.389 e. The van der Waals surface area contributed by atoms with E-state index in [1.165, 1.54) is 0 Å². The molecule has 112 valence electrons. The summed E-state index contributed by atoms with van der Waals surface area (Å²) >= 11 is 0. The molecule has 19 heavy (non-hydrogen) atoms. The van der Waals surface area contributed by atoms with Crippen LogP contribution in [0.1, 0.15) is 38.5 Å². The number of nitrogens with one attached hydrogen (secondary N) is 1. The molecule has 0 aromatic rings. The van der Waals surface area contributed by atoms with E-state index in [2.05, 4.69) is 4.72 Å². The highest BCUT2D eigenvalue weighted by atomic mass is 32.2. The van der Waals surface area contributed by atoms with E-state index in [1.807, 2.05) is 0 Å². The first-order valence-corrected chi connectivity index (χ1v) is 7.53. The minimum Gasteiger partial charge on any atom is -0.480 e. The van der Waals surface area contributed by atoms with Crippen molar-refractivity contribution in [2.75, 3.05) is 5.75 Å². The number of carboxylic acids is 1. The van der Waals surface area contributed by atoms with Gasteiger partial charge in [-0.2, -0.15) is 17.9 Å². The second-order valence-corrected chi connectivity index (χ2v) is 6.58. The maximum atomic E-state index is 11.9. The summed E-state index contributed by atoms with van der Waals surface area (Å²) < 4.78 is 61.1. The molecule has 1 rings (SSSR count). The van der Waals surface area contributed by atoms with Gasteiger partial charge in [-0.05, 0) is 19.3 Å². The summed E-state index contributed by atoms with van der Waals surface area (Å²) in [5, 5.41) is 9.07. The summed E-state index contributed by atoms with van der Waals surface area (Å²) in [6, 6.07) is 0. The van der Waals surface area contributed by atoms with Gasteiger partial charge in [-0.3, -0.25) is 4.79 Å². The van der Waals surface area contributed by atoms with E-state index in [0.29, 0.717) is 12.8 Å². The van der Waals surface area contributed by atoms with E-state index in [0.717, 1.165) is 0 Å². The molecule has 0 aromatic carbocycles. The standard InChI is InChI=1S/C10H16F3NO4S/c11-10(12,13)6-3-7-19(17,18)14-9(8(15)16)4-1-2-5-9/h14H,1-7H2,(H,15,16). The van der Waals surface area contributed by atoms with Crippen molar-refractivity contribution in [2.45, 2.75) is 50.2 Å². The van der Waals surface area contributed by atoms with Crippen molar-refractivity contribution in [3.63, 3.8) is 0 Å². The van der Waals surface area contributed by atoms with Crippen LogP contribution in [0, 0.1) is 0 Å². The predicted octanol–water partition coefficient (Wildman–Crippen LogP) is 1.65. The normalized spacial score (nSPS) is 19.5. The Bertz CT molecular complexity index is 427. The van der Waals surface area contributed by atoms with Crippen molar-refractivity contribution in [3.8, 4) is 0 Å². The van der Waals surface area contributed by atoms with Crippen LogP contribution < -0.4 is 4.72 Å². The number of alkyl halides is 3. The van der Waals surface area contributed by atoms with Crippen molar-refractivity contribution in [1.82, 2.24) is 4.72 Å². The highest BCUT2D eigenvalue weighted by Crippen LogP contribution is 2.31. The number of rotatable bonds is 6. The van der Waals surface area contributed by atoms with Crippen molar-refractivity contribution < 1.29 is 31.5 Å². The maximum absolute atomic E-state index is 11.9. The molecule has 9 heteroatoms. The van der Waals surface area contributed by atoms with Crippen LogP contribution in [-0.4, -0.2) is 37.0 Å². The molecular weight excluding hydrogens is 287 g/mol. The fourth-order valence-electron chi connectivity index (χ4n) is 2.15. The zero-order valence-corrected chi connectivity index (χ0v) is 11.0. The van der Waals surface area contributed by atoms with E-state index in [4.69, 9.17) is 5.11 Å². The van der Waals surface area contributed by atoms with Gasteiger partial charge in [0.2, 0.25) is 10.0 Å². The number of carboxylic acid groups (broad SMARTS) is 1. The quantitative estimate of drug-likeness (QED) is 0.781. The minimum absolute atomic E-state index is 0.167. The third-order valence-electron chi connectivity index (χ3n) is 3.09. The lowest BCUT2D eigenvalue weighted by molar-refractivity contribution is -0.143. The van der Waals surface area contributed by atoms with Gasteiger partial charge in [0.15, 0.2) is 0 Å². The monoisotopic (exact) mass is 303 g/mol. The summed E-state index contributed by atoms with van der Waals surface area (Å²) in [5.74, 6) is -1.99. The van der Waals surface area contributed by atoms with Crippen molar-refractivity contribution in [2.24, 2.45) is 0 Å². The number of hydrogen-bond donors (Lipinski definition) is 2. The number of carbonyl (C=O) groups is 1. The number of halogens is 3. The SMILES string of the molecule is O=C(O)C1(NS(=O)(=O)CCCC(F)(F)F)CCCC1. The molecule has 1 aliphatic rings. The molecule has 0 aromatic heterocycles. The molecule has 0 radical (unpaired) electrons. The van der Waals surface area contributed by atoms with E-state index >= 15 is 0 Å². The highest BCUT2D eigenvalue weighted by molar-refractivity contribution is 7.89. The predicted molar refractivity (Wildman–Crippen MR) is 61.0 cm³/mol. The first-order chi connectivity index (χ1) is 8.56. The molecule has 1 aliphatic carbocycles. The lowest BCUT2D eigenvalue weighted by Crippen LogP contribution is -2.53. The Morgan fingerprint density at radius 3 is 2.21 bits per heavy atom. The average molecular weight is 303 g/mol. The zero-order chi connectivity index (χ0) is 14.7. The van der Waals surface area contributed by atoms with Gasteiger partial charge >= 0.3 is 12.1 Å². The molecule has 0 saturated heterocycles. The van der Waals surface area contributed by atoms with Gasteiger partial charge in [0.25, 0.3) is 0 Å². The lowest BCUT2D eigenvalue weighted by atomic mass is 10.0. The number of sulfonamides is 1. The highest BCUT2D eigenvalue weighted by Gasteiger charge is 2.44. The van der Waals surface area contributed by atoms with Crippen LogP contribution in [-0.2, 0) is 14.8 Å². The molecule has 0 bridgehead atoms. The first kappa shape index (κ1) is 16.2. The van der Waals surface area contributed by atoms with Crippen molar-refractivity contribution >= 4 is 16.0 Å². The molecule has 0 heterocycles. The second-order valence-electron chi connectivity index (χ2n) is 4.73. The van der Waals surface area contributed by atoms with Gasteiger partial charge in [0.1, 0.15) is 5.54 Å².